The molecule has 2 rings (SSSR count). The molecule has 1 unspecified atom stereocenters. The average molecular weight is 323 g/mol. The molecule has 1 aliphatic heterocycles. The van der Waals surface area contributed by atoms with Crippen LogP contribution in [0.4, 0.5) is 0 Å². The molecule has 1 fully saturated rings. The molecule has 22 heavy (non-hydrogen) atoms. The van der Waals surface area contributed by atoms with Crippen LogP contribution in [-0.2, 0) is 21.1 Å². The predicted molar refractivity (Wildman–Crippen MR) is 88.5 cm³/mol. The van der Waals surface area contributed by atoms with Crippen molar-refractivity contribution >= 4 is 15.7 Å². The summed E-state index contributed by atoms with van der Waals surface area (Å²) in [6, 6.07) is 8.23. The topological polar surface area (TPSA) is 63.2 Å². The molecular weight excluding hydrogens is 298 g/mol. The monoisotopic (exact) mass is 323 g/mol. The first-order chi connectivity index (χ1) is 10.4. The number of rotatable bonds is 7. The van der Waals surface area contributed by atoms with E-state index >= 15 is 0 Å². The van der Waals surface area contributed by atoms with Gasteiger partial charge in [0.2, 0.25) is 5.91 Å². The second kappa shape index (κ2) is 7.77. The van der Waals surface area contributed by atoms with Gasteiger partial charge in [0.05, 0.1) is 11.5 Å². The van der Waals surface area contributed by atoms with E-state index in [-0.39, 0.29) is 11.8 Å². The van der Waals surface area contributed by atoms with E-state index in [1.807, 2.05) is 6.92 Å². The highest BCUT2D eigenvalue weighted by Gasteiger charge is 2.27. The Morgan fingerprint density at radius 3 is 2.64 bits per heavy atom. The molecule has 0 aromatic heterocycles. The molecular formula is C17H25NO3S. The molecule has 1 aromatic rings. The van der Waals surface area contributed by atoms with Crippen LogP contribution in [0.25, 0.3) is 0 Å². The maximum absolute atomic E-state index is 11.8. The second-order valence-electron chi connectivity index (χ2n) is 6.25. The van der Waals surface area contributed by atoms with Crippen LogP contribution in [0, 0.1) is 12.8 Å². The highest BCUT2D eigenvalue weighted by Crippen LogP contribution is 2.22. The van der Waals surface area contributed by atoms with Gasteiger partial charge < -0.3 is 5.32 Å². The standard InChI is InChI=1S/C17H25NO3S/c1-14-4-6-15(7-5-14)8-9-17(19)18-11-2-3-16-10-12-22(20,21)13-16/h4-7,16H,2-3,8-13H2,1H3,(H,18,19). The largest absolute Gasteiger partial charge is 0.356 e. The van der Waals surface area contributed by atoms with Gasteiger partial charge in [-0.05, 0) is 44.1 Å². The predicted octanol–water partition coefficient (Wildman–Crippen LogP) is 2.26. The fourth-order valence-electron chi connectivity index (χ4n) is 2.82. The first-order valence-corrected chi connectivity index (χ1v) is 9.79. The fourth-order valence-corrected chi connectivity index (χ4v) is 4.73. The second-order valence-corrected chi connectivity index (χ2v) is 8.48. The summed E-state index contributed by atoms with van der Waals surface area (Å²) in [5.74, 6) is 1.02. The van der Waals surface area contributed by atoms with E-state index in [4.69, 9.17) is 0 Å². The number of benzene rings is 1. The van der Waals surface area contributed by atoms with Gasteiger partial charge in [0, 0.05) is 13.0 Å². The molecule has 1 saturated heterocycles. The van der Waals surface area contributed by atoms with Crippen molar-refractivity contribution in [3.8, 4) is 0 Å². The summed E-state index contributed by atoms with van der Waals surface area (Å²) in [4.78, 5) is 11.8. The van der Waals surface area contributed by atoms with Gasteiger partial charge >= 0.3 is 0 Å². The van der Waals surface area contributed by atoms with Gasteiger partial charge in [-0.15, -0.1) is 0 Å². The van der Waals surface area contributed by atoms with Gasteiger partial charge in [-0.1, -0.05) is 29.8 Å². The Bertz CT molecular complexity index is 593. The molecule has 0 bridgehead atoms. The van der Waals surface area contributed by atoms with Gasteiger partial charge in [-0.25, -0.2) is 8.42 Å². The van der Waals surface area contributed by atoms with Crippen LogP contribution >= 0.6 is 0 Å². The van der Waals surface area contributed by atoms with E-state index in [1.54, 1.807) is 0 Å². The van der Waals surface area contributed by atoms with Gasteiger partial charge in [-0.2, -0.15) is 0 Å². The molecule has 0 radical (unpaired) electrons. The molecule has 1 aromatic carbocycles. The molecule has 5 heteroatoms. The van der Waals surface area contributed by atoms with E-state index in [9.17, 15) is 13.2 Å². The van der Waals surface area contributed by atoms with Crippen LogP contribution in [0.5, 0.6) is 0 Å². The number of carbonyl (C=O) groups excluding carboxylic acids is 1. The Hall–Kier alpha value is -1.36. The van der Waals surface area contributed by atoms with Gasteiger partial charge in [-0.3, -0.25) is 4.79 Å². The summed E-state index contributed by atoms with van der Waals surface area (Å²) in [5, 5.41) is 2.92. The molecule has 1 atom stereocenters. The van der Waals surface area contributed by atoms with E-state index in [0.717, 1.165) is 25.7 Å². The summed E-state index contributed by atoms with van der Waals surface area (Å²) in [7, 11) is -2.78. The highest BCUT2D eigenvalue weighted by atomic mass is 32.2. The minimum atomic E-state index is -2.78. The van der Waals surface area contributed by atoms with Gasteiger partial charge in [0.25, 0.3) is 0 Å². The van der Waals surface area contributed by atoms with E-state index in [1.165, 1.54) is 11.1 Å². The lowest BCUT2D eigenvalue weighted by atomic mass is 10.0. The smallest absolute Gasteiger partial charge is 0.220 e. The van der Waals surface area contributed by atoms with Crippen LogP contribution in [0.2, 0.25) is 0 Å². The van der Waals surface area contributed by atoms with Crippen molar-refractivity contribution < 1.29 is 13.2 Å². The molecule has 1 heterocycles. The van der Waals surface area contributed by atoms with Crippen LogP contribution in [0.1, 0.15) is 36.8 Å². The van der Waals surface area contributed by atoms with Gasteiger partial charge in [0.15, 0.2) is 9.84 Å². The van der Waals surface area contributed by atoms with Crippen molar-refractivity contribution in [2.75, 3.05) is 18.1 Å². The molecule has 1 amide bonds. The van der Waals surface area contributed by atoms with Crippen LogP contribution < -0.4 is 5.32 Å². The van der Waals surface area contributed by atoms with Crippen molar-refractivity contribution in [1.29, 1.82) is 0 Å². The lowest BCUT2D eigenvalue weighted by molar-refractivity contribution is -0.121. The SMILES string of the molecule is Cc1ccc(CCC(=O)NCCCC2CCS(=O)(=O)C2)cc1. The molecule has 4 nitrogen and oxygen atoms in total. The van der Waals surface area contributed by atoms with Crippen molar-refractivity contribution in [1.82, 2.24) is 5.32 Å². The van der Waals surface area contributed by atoms with Crippen LogP contribution in [-0.4, -0.2) is 32.4 Å². The normalized spacial score (nSPS) is 20.0. The molecule has 0 aliphatic carbocycles. The lowest BCUT2D eigenvalue weighted by Crippen LogP contribution is -2.25. The average Bonchev–Trinajstić information content (AvgIpc) is 2.82. The summed E-state index contributed by atoms with van der Waals surface area (Å²) < 4.78 is 22.7. The highest BCUT2D eigenvalue weighted by molar-refractivity contribution is 7.91. The Balaban J connectivity index is 1.57. The number of hydrogen-bond acceptors (Lipinski definition) is 3. The number of amides is 1. The van der Waals surface area contributed by atoms with Crippen LogP contribution in [0.3, 0.4) is 0 Å². The minimum Gasteiger partial charge on any atom is -0.356 e. The van der Waals surface area contributed by atoms with Crippen molar-refractivity contribution in [2.45, 2.75) is 39.0 Å². The zero-order valence-corrected chi connectivity index (χ0v) is 14.0. The van der Waals surface area contributed by atoms with Crippen molar-refractivity contribution in [3.63, 3.8) is 0 Å². The number of sulfone groups is 1. The molecule has 1 N–H and O–H groups in total. The van der Waals surface area contributed by atoms with E-state index in [2.05, 4.69) is 29.6 Å². The van der Waals surface area contributed by atoms with E-state index < -0.39 is 9.84 Å². The molecule has 1 aliphatic rings. The summed E-state index contributed by atoms with van der Waals surface area (Å²) in [6.45, 7) is 2.69. The third-order valence-electron chi connectivity index (χ3n) is 4.20. The number of hydrogen-bond donors (Lipinski definition) is 1. The maximum Gasteiger partial charge on any atom is 0.220 e. The van der Waals surface area contributed by atoms with Gasteiger partial charge in [0.1, 0.15) is 0 Å². The Kier molecular flexibility index (Phi) is 6.00. The summed E-state index contributed by atoms with van der Waals surface area (Å²) in [5.41, 5.74) is 2.40. The third kappa shape index (κ3) is 5.79. The lowest BCUT2D eigenvalue weighted by Gasteiger charge is -2.08. The Labute approximate surface area is 133 Å². The molecule has 0 spiro atoms. The molecule has 0 saturated carbocycles. The number of carbonyl (C=O) groups is 1. The maximum atomic E-state index is 11.8. The zero-order chi connectivity index (χ0) is 16.0. The Morgan fingerprint density at radius 1 is 1.27 bits per heavy atom. The molecule has 122 valence electrons. The Morgan fingerprint density at radius 2 is 2.00 bits per heavy atom. The fraction of sp³-hybridized carbons (Fsp3) is 0.588. The number of aryl methyl sites for hydroxylation is 2. The first-order valence-electron chi connectivity index (χ1n) is 7.97. The quantitative estimate of drug-likeness (QED) is 0.783. The summed E-state index contributed by atoms with van der Waals surface area (Å²) >= 11 is 0. The zero-order valence-electron chi connectivity index (χ0n) is 13.2. The summed E-state index contributed by atoms with van der Waals surface area (Å²) in [6.07, 6.45) is 3.78. The number of nitrogens with one attached hydrogen (secondary N) is 1. The first kappa shape index (κ1) is 17.0. The minimum absolute atomic E-state index is 0.0691. The van der Waals surface area contributed by atoms with Crippen molar-refractivity contribution in [2.24, 2.45) is 5.92 Å². The third-order valence-corrected chi connectivity index (χ3v) is 6.04. The van der Waals surface area contributed by atoms with Crippen molar-refractivity contribution in [3.05, 3.63) is 35.4 Å². The van der Waals surface area contributed by atoms with E-state index in [0.29, 0.717) is 24.5 Å². The van der Waals surface area contributed by atoms with Crippen LogP contribution in [0.15, 0.2) is 24.3 Å².